The molecule has 0 aromatic rings. The van der Waals surface area contributed by atoms with Crippen LogP contribution in [0.5, 0.6) is 0 Å². The van der Waals surface area contributed by atoms with E-state index in [-0.39, 0.29) is 6.10 Å². The Morgan fingerprint density at radius 2 is 0.897 bits per heavy atom. The van der Waals surface area contributed by atoms with Crippen molar-refractivity contribution in [3.8, 4) is 0 Å². The zero-order valence-electron chi connectivity index (χ0n) is 20.2. The van der Waals surface area contributed by atoms with Gasteiger partial charge in [-0.2, -0.15) is 0 Å². The van der Waals surface area contributed by atoms with Gasteiger partial charge in [-0.25, -0.2) is 0 Å². The molecule has 3 nitrogen and oxygen atoms in total. The van der Waals surface area contributed by atoms with Gasteiger partial charge >= 0.3 is 0 Å². The minimum atomic E-state index is 0.0768. The van der Waals surface area contributed by atoms with Gasteiger partial charge in [-0.1, -0.05) is 123 Å². The molecule has 1 unspecified atom stereocenters. The smallest absolute Gasteiger partial charge is 0.0930 e. The number of hydrogen-bond acceptors (Lipinski definition) is 3. The Morgan fingerprint density at radius 1 is 0.517 bits per heavy atom. The largest absolute Gasteiger partial charge is 0.379 e. The molecule has 0 radical (unpaired) electrons. The van der Waals surface area contributed by atoms with Crippen LogP contribution in [0.25, 0.3) is 0 Å². The fourth-order valence-corrected chi connectivity index (χ4v) is 3.75. The van der Waals surface area contributed by atoms with Crippen molar-refractivity contribution in [1.29, 1.82) is 0 Å². The normalized spacial score (nSPS) is 12.5. The van der Waals surface area contributed by atoms with E-state index in [0.29, 0.717) is 13.2 Å². The maximum Gasteiger partial charge on any atom is 0.0930 e. The van der Waals surface area contributed by atoms with Crippen molar-refractivity contribution < 1.29 is 9.47 Å². The second-order valence-corrected chi connectivity index (χ2v) is 8.81. The van der Waals surface area contributed by atoms with E-state index in [2.05, 4.69) is 13.8 Å². The number of ether oxygens (including phenoxy) is 2. The van der Waals surface area contributed by atoms with Crippen molar-refractivity contribution in [2.75, 3.05) is 26.4 Å². The van der Waals surface area contributed by atoms with Gasteiger partial charge < -0.3 is 15.2 Å². The number of nitrogens with two attached hydrogens (primary N) is 1. The molecule has 0 saturated carbocycles. The van der Waals surface area contributed by atoms with E-state index in [9.17, 15) is 0 Å². The summed E-state index contributed by atoms with van der Waals surface area (Å²) in [5.41, 5.74) is 5.76. The summed E-state index contributed by atoms with van der Waals surface area (Å²) in [6.07, 6.45) is 26.2. The Balaban J connectivity index is 3.16. The fraction of sp³-hybridized carbons (Fsp3) is 1.00. The van der Waals surface area contributed by atoms with Crippen LogP contribution in [0.2, 0.25) is 0 Å². The Morgan fingerprint density at radius 3 is 1.34 bits per heavy atom. The Hall–Kier alpha value is -0.120. The molecular weight excluding hydrogens is 358 g/mol. The van der Waals surface area contributed by atoms with Gasteiger partial charge in [0, 0.05) is 19.8 Å². The Labute approximate surface area is 183 Å². The van der Waals surface area contributed by atoms with Gasteiger partial charge in [0.15, 0.2) is 0 Å². The van der Waals surface area contributed by atoms with Crippen molar-refractivity contribution in [2.24, 2.45) is 5.73 Å². The monoisotopic (exact) mass is 413 g/mol. The SMILES string of the molecule is CCCCCCCCCCCCCCCCCCOCC(CN)OCCCCC. The minimum absolute atomic E-state index is 0.0768. The molecule has 0 fully saturated rings. The zero-order valence-corrected chi connectivity index (χ0v) is 20.2. The molecule has 0 aromatic heterocycles. The minimum Gasteiger partial charge on any atom is -0.379 e. The summed E-state index contributed by atoms with van der Waals surface area (Å²) >= 11 is 0. The molecule has 0 amide bonds. The second-order valence-electron chi connectivity index (χ2n) is 8.81. The van der Waals surface area contributed by atoms with Crippen molar-refractivity contribution in [3.05, 3.63) is 0 Å². The van der Waals surface area contributed by atoms with Gasteiger partial charge in [0.25, 0.3) is 0 Å². The van der Waals surface area contributed by atoms with E-state index in [4.69, 9.17) is 15.2 Å². The molecule has 3 heteroatoms. The number of rotatable bonds is 25. The highest BCUT2D eigenvalue weighted by atomic mass is 16.5. The van der Waals surface area contributed by atoms with Crippen molar-refractivity contribution in [3.63, 3.8) is 0 Å². The molecule has 0 bridgehead atoms. The van der Waals surface area contributed by atoms with Gasteiger partial charge in [-0.05, 0) is 12.8 Å². The average molecular weight is 414 g/mol. The molecule has 0 aliphatic carbocycles. The van der Waals surface area contributed by atoms with Gasteiger partial charge in [0.05, 0.1) is 12.7 Å². The molecular formula is C26H55NO2. The van der Waals surface area contributed by atoms with Crippen LogP contribution >= 0.6 is 0 Å². The summed E-state index contributed by atoms with van der Waals surface area (Å²) in [6, 6.07) is 0. The lowest BCUT2D eigenvalue weighted by Crippen LogP contribution is -2.29. The van der Waals surface area contributed by atoms with Crippen LogP contribution in [0.3, 0.4) is 0 Å². The highest BCUT2D eigenvalue weighted by Gasteiger charge is 2.06. The quantitative estimate of drug-likeness (QED) is 0.155. The second kappa shape index (κ2) is 25.9. The van der Waals surface area contributed by atoms with Gasteiger partial charge in [0.1, 0.15) is 0 Å². The molecule has 0 saturated heterocycles. The van der Waals surface area contributed by atoms with Crippen molar-refractivity contribution in [1.82, 2.24) is 0 Å². The summed E-state index contributed by atoms with van der Waals surface area (Å²) in [6.45, 7) is 7.39. The summed E-state index contributed by atoms with van der Waals surface area (Å²) in [7, 11) is 0. The summed E-state index contributed by atoms with van der Waals surface area (Å²) < 4.78 is 11.5. The average Bonchev–Trinajstić information content (AvgIpc) is 2.74. The van der Waals surface area contributed by atoms with Crippen LogP contribution in [-0.2, 0) is 9.47 Å². The molecule has 1 atom stereocenters. The molecule has 29 heavy (non-hydrogen) atoms. The lowest BCUT2D eigenvalue weighted by atomic mass is 10.0. The summed E-state index contributed by atoms with van der Waals surface area (Å²) in [5, 5.41) is 0. The maximum absolute atomic E-state index is 5.78. The lowest BCUT2D eigenvalue weighted by molar-refractivity contribution is -0.0135. The van der Waals surface area contributed by atoms with Crippen LogP contribution < -0.4 is 5.73 Å². The van der Waals surface area contributed by atoms with Gasteiger partial charge in [-0.15, -0.1) is 0 Å². The van der Waals surface area contributed by atoms with Crippen LogP contribution in [-0.4, -0.2) is 32.5 Å². The standard InChI is InChI=1S/C26H55NO2/c1-3-5-7-8-9-10-11-12-13-14-15-16-17-18-19-21-22-28-25-26(24-27)29-23-20-6-4-2/h26H,3-25,27H2,1-2H3. The summed E-state index contributed by atoms with van der Waals surface area (Å²) in [4.78, 5) is 0. The topological polar surface area (TPSA) is 44.5 Å². The van der Waals surface area contributed by atoms with E-state index >= 15 is 0 Å². The Bertz CT molecular complexity index is 286. The van der Waals surface area contributed by atoms with E-state index in [1.165, 1.54) is 116 Å². The first-order valence-electron chi connectivity index (χ1n) is 13.2. The highest BCUT2D eigenvalue weighted by Crippen LogP contribution is 2.13. The third kappa shape index (κ3) is 24.0. The van der Waals surface area contributed by atoms with Crippen LogP contribution in [0.1, 0.15) is 136 Å². The van der Waals surface area contributed by atoms with Crippen LogP contribution in [0.15, 0.2) is 0 Å². The molecule has 0 heterocycles. The molecule has 0 aliphatic rings. The van der Waals surface area contributed by atoms with E-state index in [1.807, 2.05) is 0 Å². The third-order valence-corrected chi connectivity index (χ3v) is 5.81. The molecule has 176 valence electrons. The third-order valence-electron chi connectivity index (χ3n) is 5.81. The molecule has 0 aliphatic heterocycles. The van der Waals surface area contributed by atoms with E-state index in [0.717, 1.165) is 19.6 Å². The van der Waals surface area contributed by atoms with Gasteiger partial charge in [-0.3, -0.25) is 0 Å². The molecule has 0 spiro atoms. The predicted octanol–water partition coefficient (Wildman–Crippen LogP) is 7.80. The molecule has 0 aromatic carbocycles. The van der Waals surface area contributed by atoms with E-state index < -0.39 is 0 Å². The highest BCUT2D eigenvalue weighted by molar-refractivity contribution is 4.57. The first-order chi connectivity index (χ1) is 14.3. The first-order valence-corrected chi connectivity index (χ1v) is 13.2. The predicted molar refractivity (Wildman–Crippen MR) is 129 cm³/mol. The zero-order chi connectivity index (χ0) is 21.3. The van der Waals surface area contributed by atoms with Crippen molar-refractivity contribution in [2.45, 2.75) is 142 Å². The number of hydrogen-bond donors (Lipinski definition) is 1. The lowest BCUT2D eigenvalue weighted by Gasteiger charge is -2.16. The van der Waals surface area contributed by atoms with Gasteiger partial charge in [0.2, 0.25) is 0 Å². The van der Waals surface area contributed by atoms with Crippen LogP contribution in [0, 0.1) is 0 Å². The van der Waals surface area contributed by atoms with Crippen molar-refractivity contribution >= 4 is 0 Å². The molecule has 2 N–H and O–H groups in total. The summed E-state index contributed by atoms with van der Waals surface area (Å²) in [5.74, 6) is 0. The fourth-order valence-electron chi connectivity index (χ4n) is 3.75. The van der Waals surface area contributed by atoms with E-state index in [1.54, 1.807) is 0 Å². The first kappa shape index (κ1) is 28.9. The Kier molecular flexibility index (Phi) is 25.8. The number of unbranched alkanes of at least 4 members (excludes halogenated alkanes) is 17. The maximum atomic E-state index is 5.78. The molecule has 0 rings (SSSR count). The van der Waals surface area contributed by atoms with Crippen LogP contribution in [0.4, 0.5) is 0 Å².